The van der Waals surface area contributed by atoms with Crippen LogP contribution in [-0.4, -0.2) is 35.9 Å². The smallest absolute Gasteiger partial charge is 0.207 e. The Morgan fingerprint density at radius 1 is 1.26 bits per heavy atom. The molecule has 130 valence electrons. The number of carbonyl (C=O) groups is 1. The molecule has 0 fully saturated rings. The molecule has 0 amide bonds. The lowest BCUT2D eigenvalue weighted by molar-refractivity contribution is -0.780. The van der Waals surface area contributed by atoms with Crippen LogP contribution in [0.3, 0.4) is 0 Å². The van der Waals surface area contributed by atoms with Gasteiger partial charge in [0.05, 0.1) is 12.2 Å². The number of quaternary nitrogens is 1. The first-order chi connectivity index (χ1) is 11.1. The maximum absolute atomic E-state index is 11.0. The van der Waals surface area contributed by atoms with Gasteiger partial charge in [0.1, 0.15) is 19.3 Å². The summed E-state index contributed by atoms with van der Waals surface area (Å²) in [7, 11) is 0. The van der Waals surface area contributed by atoms with Crippen molar-refractivity contribution in [2.24, 2.45) is 10.7 Å². The molecule has 0 spiro atoms. The van der Waals surface area contributed by atoms with E-state index in [1.54, 1.807) is 6.20 Å². The topological polar surface area (TPSA) is 78.5 Å². The van der Waals surface area contributed by atoms with E-state index in [0.717, 1.165) is 31.5 Å². The van der Waals surface area contributed by atoms with Gasteiger partial charge in [0, 0.05) is 13.0 Å². The predicted molar refractivity (Wildman–Crippen MR) is 92.4 cm³/mol. The molecule has 0 aromatic rings. The van der Waals surface area contributed by atoms with Gasteiger partial charge in [-0.15, -0.1) is 0 Å². The molecular weight excluding hydrogens is 290 g/mol. The normalized spacial score (nSPS) is 20.3. The minimum atomic E-state index is -1.06. The molecule has 0 aliphatic carbocycles. The van der Waals surface area contributed by atoms with Crippen LogP contribution in [-0.2, 0) is 4.79 Å². The van der Waals surface area contributed by atoms with Gasteiger partial charge < -0.3 is 15.6 Å². The minimum absolute atomic E-state index is 0.0746. The molecule has 0 saturated carbocycles. The van der Waals surface area contributed by atoms with Crippen LogP contribution in [0.2, 0.25) is 0 Å². The summed E-state index contributed by atoms with van der Waals surface area (Å²) in [5, 5.41) is 11.0. The quantitative estimate of drug-likeness (QED) is 0.320. The molecule has 1 unspecified atom stereocenters. The summed E-state index contributed by atoms with van der Waals surface area (Å²) < 4.78 is 0.235. The van der Waals surface area contributed by atoms with Gasteiger partial charge in [-0.1, -0.05) is 38.3 Å². The van der Waals surface area contributed by atoms with Gasteiger partial charge in [0.15, 0.2) is 0 Å². The van der Waals surface area contributed by atoms with Crippen molar-refractivity contribution in [3.63, 3.8) is 0 Å². The third kappa shape index (κ3) is 7.10. The lowest BCUT2D eigenvalue weighted by Gasteiger charge is -2.32. The van der Waals surface area contributed by atoms with Crippen molar-refractivity contribution in [3.05, 3.63) is 24.6 Å². The Labute approximate surface area is 140 Å². The zero-order valence-corrected chi connectivity index (χ0v) is 14.4. The first-order valence-electron chi connectivity index (χ1n) is 8.81. The largest absolute Gasteiger partial charge is 0.544 e. The van der Waals surface area contributed by atoms with E-state index in [1.807, 2.05) is 6.20 Å². The number of aliphatic carboxylic acids is 1. The monoisotopic (exact) mass is 321 g/mol. The predicted octanol–water partition coefficient (Wildman–Crippen LogP) is 2.09. The number of unbranched alkanes of at least 4 members (excludes halogenated alkanes) is 5. The maximum Gasteiger partial charge on any atom is 0.207 e. The van der Waals surface area contributed by atoms with Crippen LogP contribution >= 0.6 is 0 Å². The van der Waals surface area contributed by atoms with E-state index in [2.05, 4.69) is 24.1 Å². The molecule has 0 aromatic heterocycles. The third-order valence-electron chi connectivity index (χ3n) is 4.17. The van der Waals surface area contributed by atoms with Crippen LogP contribution in [0.15, 0.2) is 29.5 Å². The molecule has 0 bridgehead atoms. The van der Waals surface area contributed by atoms with Gasteiger partial charge in [-0.05, 0) is 25.7 Å². The average Bonchev–Trinajstić information content (AvgIpc) is 2.87. The first-order valence-corrected chi connectivity index (χ1v) is 8.81. The third-order valence-corrected chi connectivity index (χ3v) is 4.17. The Hall–Kier alpha value is -1.46. The van der Waals surface area contributed by atoms with E-state index in [0.29, 0.717) is 13.1 Å². The molecule has 5 heteroatoms. The van der Waals surface area contributed by atoms with Crippen molar-refractivity contribution in [1.82, 2.24) is 0 Å². The summed E-state index contributed by atoms with van der Waals surface area (Å²) in [4.78, 5) is 15.4. The highest BCUT2D eigenvalue weighted by molar-refractivity contribution is 5.80. The number of nitrogens with zero attached hydrogens (tertiary/aromatic N) is 2. The fraction of sp³-hybridized carbons (Fsp3) is 0.667. The summed E-state index contributed by atoms with van der Waals surface area (Å²) in [5.41, 5.74) is 5.65. The lowest BCUT2D eigenvalue weighted by Crippen LogP contribution is -2.55. The second-order valence-corrected chi connectivity index (χ2v) is 6.13. The zero-order chi connectivity index (χ0) is 17.0. The molecule has 1 aliphatic heterocycles. The minimum Gasteiger partial charge on any atom is -0.544 e. The SMILES string of the molecule is CCC/C=C/CCCCCCC1=NC=C[N+]1(CCN)CC(=O)[O-]. The number of rotatable bonds is 13. The summed E-state index contributed by atoms with van der Waals surface area (Å²) >= 11 is 0. The van der Waals surface area contributed by atoms with E-state index in [9.17, 15) is 9.90 Å². The van der Waals surface area contributed by atoms with Crippen molar-refractivity contribution in [2.45, 2.75) is 58.3 Å². The van der Waals surface area contributed by atoms with Gasteiger partial charge in [-0.3, -0.25) is 0 Å². The Bertz CT molecular complexity index is 444. The second-order valence-electron chi connectivity index (χ2n) is 6.13. The van der Waals surface area contributed by atoms with Crippen LogP contribution < -0.4 is 10.8 Å². The number of allylic oxidation sites excluding steroid dienone is 2. The molecule has 0 aromatic carbocycles. The highest BCUT2D eigenvalue weighted by Crippen LogP contribution is 2.20. The summed E-state index contributed by atoms with van der Waals surface area (Å²) in [6, 6.07) is 0. The number of hydrogen-bond acceptors (Lipinski definition) is 4. The van der Waals surface area contributed by atoms with Gasteiger partial charge in [-0.2, -0.15) is 0 Å². The fourth-order valence-corrected chi connectivity index (χ4v) is 2.92. The Kier molecular flexibility index (Phi) is 9.48. The van der Waals surface area contributed by atoms with Crippen molar-refractivity contribution >= 4 is 11.8 Å². The first kappa shape index (κ1) is 19.6. The average molecular weight is 321 g/mol. The van der Waals surface area contributed by atoms with Crippen molar-refractivity contribution in [3.8, 4) is 0 Å². The molecule has 1 aliphatic rings. The van der Waals surface area contributed by atoms with Gasteiger partial charge in [0.25, 0.3) is 0 Å². The lowest BCUT2D eigenvalue weighted by atomic mass is 10.1. The highest BCUT2D eigenvalue weighted by Gasteiger charge is 2.34. The molecule has 5 nitrogen and oxygen atoms in total. The number of hydrogen-bond donors (Lipinski definition) is 1. The molecule has 1 rings (SSSR count). The van der Waals surface area contributed by atoms with Crippen LogP contribution in [0.25, 0.3) is 0 Å². The van der Waals surface area contributed by atoms with Crippen LogP contribution in [0.4, 0.5) is 0 Å². The summed E-state index contributed by atoms with van der Waals surface area (Å²) in [5.74, 6) is -0.154. The Morgan fingerprint density at radius 2 is 2.00 bits per heavy atom. The molecular formula is C18H31N3O2. The van der Waals surface area contributed by atoms with Crippen LogP contribution in [0.1, 0.15) is 58.3 Å². The number of nitrogens with two attached hydrogens (primary N) is 1. The van der Waals surface area contributed by atoms with Gasteiger partial charge >= 0.3 is 0 Å². The number of carboxylic acid groups (broad SMARTS) is 1. The number of aliphatic imine (C=N–C) groups is 1. The summed E-state index contributed by atoms with van der Waals surface area (Å²) in [6.45, 7) is 3.11. The van der Waals surface area contributed by atoms with E-state index in [4.69, 9.17) is 5.73 Å². The van der Waals surface area contributed by atoms with E-state index >= 15 is 0 Å². The number of carbonyl (C=O) groups excluding carboxylic acids is 1. The molecule has 0 radical (unpaired) electrons. The van der Waals surface area contributed by atoms with Crippen LogP contribution in [0.5, 0.6) is 0 Å². The highest BCUT2D eigenvalue weighted by atomic mass is 16.4. The number of carboxylic acids is 1. The van der Waals surface area contributed by atoms with E-state index < -0.39 is 5.97 Å². The molecule has 23 heavy (non-hydrogen) atoms. The van der Waals surface area contributed by atoms with Crippen molar-refractivity contribution in [1.29, 1.82) is 0 Å². The summed E-state index contributed by atoms with van der Waals surface area (Å²) in [6.07, 6.45) is 17.0. The Balaban J connectivity index is 2.29. The molecule has 1 heterocycles. The van der Waals surface area contributed by atoms with Crippen molar-refractivity contribution < 1.29 is 14.4 Å². The zero-order valence-electron chi connectivity index (χ0n) is 14.4. The second kappa shape index (κ2) is 11.1. The molecule has 0 saturated heterocycles. The van der Waals surface area contributed by atoms with Crippen LogP contribution in [0, 0.1) is 0 Å². The maximum atomic E-state index is 11.0. The van der Waals surface area contributed by atoms with E-state index in [-0.39, 0.29) is 11.0 Å². The standard InChI is InChI=1S/C18H31N3O2/c1-2-3-4-5-6-7-8-9-10-11-17-20-13-15-21(17,14-12-19)16-18(22)23/h4-5,13,15H,2-3,6-12,14,16,19H2,1H3/b5-4+. The molecule has 1 atom stereocenters. The van der Waals surface area contributed by atoms with Gasteiger partial charge in [-0.25, -0.2) is 9.48 Å². The molecule has 2 N–H and O–H groups in total. The van der Waals surface area contributed by atoms with E-state index in [1.165, 1.54) is 25.7 Å². The Morgan fingerprint density at radius 3 is 2.70 bits per heavy atom. The van der Waals surface area contributed by atoms with Gasteiger partial charge in [0.2, 0.25) is 5.84 Å². The van der Waals surface area contributed by atoms with Crippen molar-refractivity contribution in [2.75, 3.05) is 19.6 Å². The fourth-order valence-electron chi connectivity index (χ4n) is 2.92. The number of amidine groups is 1.